The van der Waals surface area contributed by atoms with Crippen LogP contribution in [0.4, 0.5) is 0 Å². The molecule has 1 aromatic carbocycles. The number of aliphatic hydroxyl groups is 2. The fourth-order valence-corrected chi connectivity index (χ4v) is 1.80. The van der Waals surface area contributed by atoms with E-state index in [2.05, 4.69) is 11.8 Å². The van der Waals surface area contributed by atoms with Gasteiger partial charge < -0.3 is 15.1 Å². The summed E-state index contributed by atoms with van der Waals surface area (Å²) >= 11 is 0. The highest BCUT2D eigenvalue weighted by Gasteiger charge is 2.10. The number of rotatable bonds is 6. The van der Waals surface area contributed by atoms with E-state index in [0.29, 0.717) is 12.1 Å². The number of nitrogens with zero attached hydrogens (tertiary/aromatic N) is 1. The van der Waals surface area contributed by atoms with Crippen LogP contribution in [0.2, 0.25) is 0 Å². The summed E-state index contributed by atoms with van der Waals surface area (Å²) in [4.78, 5) is 13.8. The summed E-state index contributed by atoms with van der Waals surface area (Å²) in [5.74, 6) is 5.34. The minimum atomic E-state index is -0.169. The Morgan fingerprint density at radius 1 is 1.15 bits per heavy atom. The van der Waals surface area contributed by atoms with Crippen molar-refractivity contribution in [3.8, 4) is 11.8 Å². The van der Waals surface area contributed by atoms with Gasteiger partial charge in [0.25, 0.3) is 5.91 Å². The molecule has 1 aromatic rings. The zero-order valence-electron chi connectivity index (χ0n) is 11.8. The third kappa shape index (κ3) is 5.43. The molecular weight excluding hydrogens is 254 g/mol. The monoisotopic (exact) mass is 275 g/mol. The van der Waals surface area contributed by atoms with Gasteiger partial charge in [-0.25, -0.2) is 0 Å². The second-order valence-corrected chi connectivity index (χ2v) is 4.55. The number of unbranched alkanes of at least 4 members (excludes halogenated alkanes) is 2. The second kappa shape index (κ2) is 9.13. The van der Waals surface area contributed by atoms with Crippen molar-refractivity contribution in [3.05, 3.63) is 35.4 Å². The molecule has 0 unspecified atom stereocenters. The topological polar surface area (TPSA) is 60.8 Å². The largest absolute Gasteiger partial charge is 0.396 e. The van der Waals surface area contributed by atoms with Gasteiger partial charge in [0, 0.05) is 31.3 Å². The van der Waals surface area contributed by atoms with Crippen LogP contribution >= 0.6 is 0 Å². The Hall–Kier alpha value is -1.83. The summed E-state index contributed by atoms with van der Waals surface area (Å²) in [6, 6.07) is 7.03. The van der Waals surface area contributed by atoms with E-state index in [1.807, 2.05) is 0 Å². The number of hydrogen-bond acceptors (Lipinski definition) is 3. The minimum absolute atomic E-state index is 0.0179. The normalized spacial score (nSPS) is 9.75. The predicted octanol–water partition coefficient (Wildman–Crippen LogP) is 1.26. The molecule has 0 aromatic heterocycles. The Bertz CT molecular complexity index is 471. The molecule has 4 heteroatoms. The number of benzene rings is 1. The molecule has 4 nitrogen and oxygen atoms in total. The van der Waals surface area contributed by atoms with Gasteiger partial charge in [0.15, 0.2) is 0 Å². The van der Waals surface area contributed by atoms with Crippen molar-refractivity contribution in [3.63, 3.8) is 0 Å². The first-order valence-corrected chi connectivity index (χ1v) is 6.75. The van der Waals surface area contributed by atoms with E-state index in [4.69, 9.17) is 10.2 Å². The lowest BCUT2D eigenvalue weighted by molar-refractivity contribution is 0.0792. The quantitative estimate of drug-likeness (QED) is 0.607. The lowest BCUT2D eigenvalue weighted by Gasteiger charge is -2.17. The van der Waals surface area contributed by atoms with Gasteiger partial charge in [-0.05, 0) is 43.5 Å². The number of carbonyl (C=O) groups is 1. The molecule has 0 atom stereocenters. The number of carbonyl (C=O) groups excluding carboxylic acids is 1. The molecule has 0 aliphatic rings. The smallest absolute Gasteiger partial charge is 0.253 e. The molecule has 108 valence electrons. The van der Waals surface area contributed by atoms with Crippen molar-refractivity contribution >= 4 is 5.91 Å². The molecule has 1 rings (SSSR count). The van der Waals surface area contributed by atoms with Crippen LogP contribution in [0.5, 0.6) is 0 Å². The van der Waals surface area contributed by atoms with E-state index >= 15 is 0 Å². The number of amides is 1. The van der Waals surface area contributed by atoms with E-state index in [-0.39, 0.29) is 19.1 Å². The average molecular weight is 275 g/mol. The van der Waals surface area contributed by atoms with Gasteiger partial charge in [-0.3, -0.25) is 4.79 Å². The first-order valence-electron chi connectivity index (χ1n) is 6.75. The first-order chi connectivity index (χ1) is 9.69. The fraction of sp³-hybridized carbons (Fsp3) is 0.438. The van der Waals surface area contributed by atoms with E-state index in [1.165, 1.54) is 0 Å². The first kappa shape index (κ1) is 16.2. The van der Waals surface area contributed by atoms with Crippen LogP contribution in [-0.2, 0) is 0 Å². The van der Waals surface area contributed by atoms with Gasteiger partial charge >= 0.3 is 0 Å². The van der Waals surface area contributed by atoms with Crippen LogP contribution in [0.1, 0.15) is 35.2 Å². The summed E-state index contributed by atoms with van der Waals surface area (Å²) in [6.45, 7) is 0.718. The molecule has 0 heterocycles. The summed E-state index contributed by atoms with van der Waals surface area (Å²) in [5.41, 5.74) is 1.41. The maximum Gasteiger partial charge on any atom is 0.253 e. The van der Waals surface area contributed by atoms with Crippen molar-refractivity contribution in [2.45, 2.75) is 19.3 Å². The van der Waals surface area contributed by atoms with Crippen molar-refractivity contribution in [1.29, 1.82) is 0 Å². The van der Waals surface area contributed by atoms with Gasteiger partial charge in [0.05, 0.1) is 0 Å². The molecule has 20 heavy (non-hydrogen) atoms. The van der Waals surface area contributed by atoms with Crippen molar-refractivity contribution < 1.29 is 15.0 Å². The van der Waals surface area contributed by atoms with Crippen molar-refractivity contribution in [2.24, 2.45) is 0 Å². The summed E-state index contributed by atoms with van der Waals surface area (Å²) in [5, 5.41) is 17.3. The van der Waals surface area contributed by atoms with E-state index in [1.54, 1.807) is 36.2 Å². The fourth-order valence-electron chi connectivity index (χ4n) is 1.80. The molecule has 2 N–H and O–H groups in total. The zero-order chi connectivity index (χ0) is 14.8. The highest BCUT2D eigenvalue weighted by Crippen LogP contribution is 2.07. The molecule has 0 saturated heterocycles. The van der Waals surface area contributed by atoms with E-state index < -0.39 is 0 Å². The summed E-state index contributed by atoms with van der Waals surface area (Å²) in [7, 11) is 1.78. The van der Waals surface area contributed by atoms with E-state index in [0.717, 1.165) is 24.8 Å². The lowest BCUT2D eigenvalue weighted by Crippen LogP contribution is -2.27. The Labute approximate surface area is 120 Å². The lowest BCUT2D eigenvalue weighted by atomic mass is 10.1. The molecule has 1 amide bonds. The maximum absolute atomic E-state index is 12.1. The Morgan fingerprint density at radius 2 is 1.85 bits per heavy atom. The van der Waals surface area contributed by atoms with Gasteiger partial charge in [-0.2, -0.15) is 0 Å². The highest BCUT2D eigenvalue weighted by molar-refractivity contribution is 5.94. The van der Waals surface area contributed by atoms with Crippen LogP contribution in [0.15, 0.2) is 24.3 Å². The molecule has 0 saturated carbocycles. The van der Waals surface area contributed by atoms with Crippen LogP contribution in [0.25, 0.3) is 0 Å². The molecule has 0 bridgehead atoms. The molecular formula is C16H21NO3. The Kier molecular flexibility index (Phi) is 7.41. The van der Waals surface area contributed by atoms with Gasteiger partial charge in [0.1, 0.15) is 6.61 Å². The number of aliphatic hydroxyl groups excluding tert-OH is 2. The van der Waals surface area contributed by atoms with Crippen molar-refractivity contribution in [1.82, 2.24) is 4.90 Å². The van der Waals surface area contributed by atoms with E-state index in [9.17, 15) is 4.79 Å². The molecule has 0 aliphatic heterocycles. The van der Waals surface area contributed by atoms with Crippen LogP contribution in [-0.4, -0.2) is 47.8 Å². The maximum atomic E-state index is 12.1. The number of hydrogen-bond donors (Lipinski definition) is 2. The third-order valence-electron chi connectivity index (χ3n) is 2.94. The second-order valence-electron chi connectivity index (χ2n) is 4.55. The van der Waals surface area contributed by atoms with Crippen LogP contribution in [0, 0.1) is 11.8 Å². The molecule has 0 radical (unpaired) electrons. The Morgan fingerprint density at radius 3 is 2.45 bits per heavy atom. The van der Waals surface area contributed by atoms with Crippen molar-refractivity contribution in [2.75, 3.05) is 26.8 Å². The summed E-state index contributed by atoms with van der Waals surface area (Å²) in [6.07, 6.45) is 2.59. The predicted molar refractivity (Wildman–Crippen MR) is 78.3 cm³/mol. The van der Waals surface area contributed by atoms with Crippen LogP contribution in [0.3, 0.4) is 0 Å². The minimum Gasteiger partial charge on any atom is -0.396 e. The standard InChI is InChI=1S/C16H21NO3/c1-17(11-3-2-4-12-18)16(20)15-9-7-14(8-10-15)6-5-13-19/h7-10,18-19H,2-4,11-13H2,1H3. The van der Waals surface area contributed by atoms with Gasteiger partial charge in [0.2, 0.25) is 0 Å². The SMILES string of the molecule is CN(CCCCCO)C(=O)c1ccc(C#CCO)cc1. The average Bonchev–Trinajstić information content (AvgIpc) is 2.49. The summed E-state index contributed by atoms with van der Waals surface area (Å²) < 4.78 is 0. The van der Waals surface area contributed by atoms with Crippen LogP contribution < -0.4 is 0 Å². The zero-order valence-corrected chi connectivity index (χ0v) is 11.8. The van der Waals surface area contributed by atoms with Gasteiger partial charge in [-0.15, -0.1) is 0 Å². The molecule has 0 fully saturated rings. The molecule has 0 spiro atoms. The third-order valence-corrected chi connectivity index (χ3v) is 2.94. The Balaban J connectivity index is 2.54. The van der Waals surface area contributed by atoms with Gasteiger partial charge in [-0.1, -0.05) is 11.8 Å². The highest BCUT2D eigenvalue weighted by atomic mass is 16.3. The molecule has 0 aliphatic carbocycles.